The molecule has 1 fully saturated rings. The Labute approximate surface area is 164 Å². The summed E-state index contributed by atoms with van der Waals surface area (Å²) in [7, 11) is -4.24. The number of piperazine rings is 1. The van der Waals surface area contributed by atoms with E-state index in [1.165, 1.54) is 17.3 Å². The average Bonchev–Trinajstić information content (AvgIpc) is 2.67. The molecule has 2 heterocycles. The molecule has 0 atom stereocenters. The number of halogens is 4. The highest BCUT2D eigenvalue weighted by molar-refractivity contribution is 7.89. The predicted octanol–water partition coefficient (Wildman–Crippen LogP) is 2.90. The molecule has 6 nitrogen and oxygen atoms in total. The fourth-order valence-corrected chi connectivity index (χ4v) is 4.74. The van der Waals surface area contributed by atoms with Gasteiger partial charge in [0.05, 0.1) is 16.1 Å². The van der Waals surface area contributed by atoms with Gasteiger partial charge in [0.25, 0.3) is 5.91 Å². The number of carbonyl (C=O) groups excluding carboxylic acids is 1. The van der Waals surface area contributed by atoms with E-state index < -0.39 is 26.7 Å². The number of nitrogens with zero attached hydrogens (tertiary/aromatic N) is 3. The van der Waals surface area contributed by atoms with E-state index in [2.05, 4.69) is 4.98 Å². The number of pyridine rings is 1. The maximum Gasteiger partial charge on any atom is 0.416 e. The topological polar surface area (TPSA) is 70.6 Å². The van der Waals surface area contributed by atoms with Gasteiger partial charge in [0.15, 0.2) is 0 Å². The van der Waals surface area contributed by atoms with Gasteiger partial charge in [0, 0.05) is 38.6 Å². The second-order valence-electron chi connectivity index (χ2n) is 6.08. The average molecular weight is 434 g/mol. The van der Waals surface area contributed by atoms with Gasteiger partial charge in [-0.1, -0.05) is 11.6 Å². The predicted molar refractivity (Wildman–Crippen MR) is 95.4 cm³/mol. The minimum absolute atomic E-state index is 0.0547. The third kappa shape index (κ3) is 4.13. The summed E-state index contributed by atoms with van der Waals surface area (Å²) < 4.78 is 65.4. The molecule has 150 valence electrons. The molecular formula is C17H15ClF3N3O3S. The molecule has 0 unspecified atom stereocenters. The Kier molecular flexibility index (Phi) is 5.64. The van der Waals surface area contributed by atoms with Crippen LogP contribution in [0.25, 0.3) is 0 Å². The summed E-state index contributed by atoms with van der Waals surface area (Å²) >= 11 is 5.86. The Morgan fingerprint density at radius 3 is 2.36 bits per heavy atom. The van der Waals surface area contributed by atoms with Crippen molar-refractivity contribution in [1.29, 1.82) is 0 Å². The van der Waals surface area contributed by atoms with Crippen LogP contribution in [0.3, 0.4) is 0 Å². The van der Waals surface area contributed by atoms with Crippen molar-refractivity contribution in [2.75, 3.05) is 26.2 Å². The Hall–Kier alpha value is -2.17. The van der Waals surface area contributed by atoms with Gasteiger partial charge in [-0.25, -0.2) is 8.42 Å². The van der Waals surface area contributed by atoms with Crippen LogP contribution in [0.15, 0.2) is 47.6 Å². The van der Waals surface area contributed by atoms with Gasteiger partial charge in [-0.05, 0) is 30.3 Å². The number of amides is 1. The molecule has 2 aromatic rings. The summed E-state index contributed by atoms with van der Waals surface area (Å²) in [4.78, 5) is 17.1. The fourth-order valence-electron chi connectivity index (χ4n) is 2.82. The van der Waals surface area contributed by atoms with Crippen molar-refractivity contribution >= 4 is 27.5 Å². The van der Waals surface area contributed by atoms with E-state index in [9.17, 15) is 26.4 Å². The molecule has 1 aromatic heterocycles. The molecule has 1 aliphatic heterocycles. The molecular weight excluding hydrogens is 419 g/mol. The number of hydrogen-bond acceptors (Lipinski definition) is 4. The normalized spacial score (nSPS) is 16.2. The standard InChI is InChI=1S/C17H15ClF3N3O3S/c18-14-4-3-13(17(19,20)21)10-15(14)28(26,27)24-8-6-23(7-9-24)16(25)12-2-1-5-22-11-12/h1-5,10-11H,6-9H2. The van der Waals surface area contributed by atoms with Gasteiger partial charge in [-0.15, -0.1) is 0 Å². The molecule has 1 amide bonds. The Morgan fingerprint density at radius 1 is 1.11 bits per heavy atom. The zero-order chi connectivity index (χ0) is 20.5. The lowest BCUT2D eigenvalue weighted by Crippen LogP contribution is -2.50. The first-order chi connectivity index (χ1) is 13.1. The molecule has 0 aliphatic carbocycles. The van der Waals surface area contributed by atoms with Crippen molar-refractivity contribution < 1.29 is 26.4 Å². The van der Waals surface area contributed by atoms with Crippen LogP contribution in [0.4, 0.5) is 13.2 Å². The first-order valence-electron chi connectivity index (χ1n) is 8.17. The van der Waals surface area contributed by atoms with Crippen molar-refractivity contribution in [3.63, 3.8) is 0 Å². The highest BCUT2D eigenvalue weighted by Crippen LogP contribution is 2.34. The van der Waals surface area contributed by atoms with E-state index >= 15 is 0 Å². The number of carbonyl (C=O) groups is 1. The van der Waals surface area contributed by atoms with Crippen LogP contribution in [-0.4, -0.2) is 54.7 Å². The summed E-state index contributed by atoms with van der Waals surface area (Å²) in [5.74, 6) is -0.290. The lowest BCUT2D eigenvalue weighted by atomic mass is 10.2. The SMILES string of the molecule is O=C(c1cccnc1)N1CCN(S(=O)(=O)c2cc(C(F)(F)F)ccc2Cl)CC1. The first kappa shape index (κ1) is 20.6. The van der Waals surface area contributed by atoms with Crippen LogP contribution in [-0.2, 0) is 16.2 Å². The maximum atomic E-state index is 12.9. The molecule has 1 aromatic carbocycles. The zero-order valence-corrected chi connectivity index (χ0v) is 15.9. The van der Waals surface area contributed by atoms with Crippen LogP contribution in [0.5, 0.6) is 0 Å². The summed E-state index contributed by atoms with van der Waals surface area (Å²) in [6.07, 6.45) is -1.75. The number of hydrogen-bond donors (Lipinski definition) is 0. The van der Waals surface area contributed by atoms with Crippen molar-refractivity contribution in [1.82, 2.24) is 14.2 Å². The smallest absolute Gasteiger partial charge is 0.336 e. The quantitative estimate of drug-likeness (QED) is 0.746. The second-order valence-corrected chi connectivity index (χ2v) is 8.39. The Morgan fingerprint density at radius 2 is 1.79 bits per heavy atom. The molecule has 0 N–H and O–H groups in total. The van der Waals surface area contributed by atoms with E-state index in [-0.39, 0.29) is 37.1 Å². The van der Waals surface area contributed by atoms with Crippen LogP contribution >= 0.6 is 11.6 Å². The van der Waals surface area contributed by atoms with E-state index in [0.717, 1.165) is 16.4 Å². The molecule has 0 radical (unpaired) electrons. The monoisotopic (exact) mass is 433 g/mol. The number of aromatic nitrogens is 1. The summed E-state index contributed by atoms with van der Waals surface area (Å²) in [6, 6.07) is 5.39. The Balaban J connectivity index is 1.78. The second kappa shape index (κ2) is 7.69. The molecule has 0 saturated carbocycles. The first-order valence-corrected chi connectivity index (χ1v) is 9.99. The molecule has 1 saturated heterocycles. The van der Waals surface area contributed by atoms with Gasteiger partial charge in [-0.3, -0.25) is 9.78 Å². The van der Waals surface area contributed by atoms with Crippen molar-refractivity contribution in [2.24, 2.45) is 0 Å². The van der Waals surface area contributed by atoms with Crippen LogP contribution in [0.2, 0.25) is 5.02 Å². The van der Waals surface area contributed by atoms with Crippen molar-refractivity contribution in [2.45, 2.75) is 11.1 Å². The third-order valence-electron chi connectivity index (χ3n) is 4.31. The van der Waals surface area contributed by atoms with Gasteiger partial charge in [0.1, 0.15) is 4.90 Å². The molecule has 3 rings (SSSR count). The summed E-state index contributed by atoms with van der Waals surface area (Å²) in [5, 5.41) is -0.290. The largest absolute Gasteiger partial charge is 0.416 e. The van der Waals surface area contributed by atoms with E-state index in [4.69, 9.17) is 11.6 Å². The van der Waals surface area contributed by atoms with Crippen molar-refractivity contribution in [3.8, 4) is 0 Å². The Bertz CT molecular complexity index is 976. The van der Waals surface area contributed by atoms with Gasteiger partial charge >= 0.3 is 6.18 Å². The van der Waals surface area contributed by atoms with E-state index in [1.54, 1.807) is 12.1 Å². The van der Waals surface area contributed by atoms with E-state index in [1.807, 2.05) is 0 Å². The van der Waals surface area contributed by atoms with Crippen LogP contribution < -0.4 is 0 Å². The summed E-state index contributed by atoms with van der Waals surface area (Å²) in [5.41, 5.74) is -0.722. The van der Waals surface area contributed by atoms with Gasteiger partial charge in [-0.2, -0.15) is 17.5 Å². The highest BCUT2D eigenvalue weighted by Gasteiger charge is 2.36. The van der Waals surface area contributed by atoms with Crippen LogP contribution in [0.1, 0.15) is 15.9 Å². The number of rotatable bonds is 3. The molecule has 1 aliphatic rings. The third-order valence-corrected chi connectivity index (χ3v) is 6.69. The molecule has 0 bridgehead atoms. The van der Waals surface area contributed by atoms with Gasteiger partial charge in [0.2, 0.25) is 10.0 Å². The highest BCUT2D eigenvalue weighted by atomic mass is 35.5. The zero-order valence-electron chi connectivity index (χ0n) is 14.4. The lowest BCUT2D eigenvalue weighted by Gasteiger charge is -2.34. The summed E-state index contributed by atoms with van der Waals surface area (Å²) in [6.45, 7) is 0.0922. The molecule has 28 heavy (non-hydrogen) atoms. The van der Waals surface area contributed by atoms with E-state index in [0.29, 0.717) is 11.6 Å². The number of sulfonamides is 1. The minimum atomic E-state index is -4.69. The maximum absolute atomic E-state index is 12.9. The molecule has 0 spiro atoms. The lowest BCUT2D eigenvalue weighted by molar-refractivity contribution is -0.137. The number of alkyl halides is 3. The fraction of sp³-hybridized carbons (Fsp3) is 0.294. The number of benzene rings is 1. The van der Waals surface area contributed by atoms with Crippen LogP contribution in [0, 0.1) is 0 Å². The van der Waals surface area contributed by atoms with Gasteiger partial charge < -0.3 is 4.90 Å². The minimum Gasteiger partial charge on any atom is -0.336 e. The van der Waals surface area contributed by atoms with Crippen molar-refractivity contribution in [3.05, 3.63) is 58.9 Å². The molecule has 11 heteroatoms.